The number of nitrogens with zero attached hydrogens (tertiary/aromatic N) is 2. The average molecular weight is 287 g/mol. The van der Waals surface area contributed by atoms with Crippen LogP contribution in [0.1, 0.15) is 30.8 Å². The lowest BCUT2D eigenvalue weighted by molar-refractivity contribution is 0.0735. The van der Waals surface area contributed by atoms with Crippen molar-refractivity contribution >= 4 is 29.3 Å². The van der Waals surface area contributed by atoms with Crippen LogP contribution in [0.25, 0.3) is 0 Å². The number of thioether (sulfide) groups is 1. The Bertz CT molecular complexity index is 383. The molecule has 0 fully saturated rings. The first-order chi connectivity index (χ1) is 8.56. The SMILES string of the molecule is CCSCCC(C)N(C)C(=O)c1ccc(Cl)cn1. The van der Waals surface area contributed by atoms with Gasteiger partial charge in [-0.05, 0) is 37.0 Å². The van der Waals surface area contributed by atoms with Crippen LogP contribution in [0.5, 0.6) is 0 Å². The van der Waals surface area contributed by atoms with Crippen LogP contribution in [0, 0.1) is 0 Å². The molecule has 1 amide bonds. The first-order valence-electron chi connectivity index (χ1n) is 6.02. The van der Waals surface area contributed by atoms with Crippen LogP contribution >= 0.6 is 23.4 Å². The summed E-state index contributed by atoms with van der Waals surface area (Å²) < 4.78 is 0. The van der Waals surface area contributed by atoms with E-state index in [-0.39, 0.29) is 11.9 Å². The summed E-state index contributed by atoms with van der Waals surface area (Å²) in [6.45, 7) is 4.20. The Hall–Kier alpha value is -0.740. The average Bonchev–Trinajstić information content (AvgIpc) is 2.38. The Labute approximate surface area is 118 Å². The van der Waals surface area contributed by atoms with E-state index in [1.54, 1.807) is 17.0 Å². The van der Waals surface area contributed by atoms with Crippen molar-refractivity contribution in [2.24, 2.45) is 0 Å². The second kappa shape index (κ2) is 7.64. The zero-order valence-corrected chi connectivity index (χ0v) is 12.6. The van der Waals surface area contributed by atoms with Gasteiger partial charge in [0.25, 0.3) is 5.91 Å². The monoisotopic (exact) mass is 286 g/mol. The van der Waals surface area contributed by atoms with Gasteiger partial charge in [-0.25, -0.2) is 4.98 Å². The lowest BCUT2D eigenvalue weighted by atomic mass is 10.2. The maximum Gasteiger partial charge on any atom is 0.272 e. The largest absolute Gasteiger partial charge is 0.338 e. The molecule has 1 atom stereocenters. The molecule has 0 aliphatic rings. The fourth-order valence-corrected chi connectivity index (χ4v) is 2.38. The number of hydrogen-bond donors (Lipinski definition) is 0. The summed E-state index contributed by atoms with van der Waals surface area (Å²) >= 11 is 7.65. The topological polar surface area (TPSA) is 33.2 Å². The number of pyridine rings is 1. The summed E-state index contributed by atoms with van der Waals surface area (Å²) in [6.07, 6.45) is 2.49. The molecule has 100 valence electrons. The van der Waals surface area contributed by atoms with Crippen LogP contribution in [0.3, 0.4) is 0 Å². The van der Waals surface area contributed by atoms with Crippen LogP contribution in [0.4, 0.5) is 0 Å². The van der Waals surface area contributed by atoms with E-state index in [1.807, 2.05) is 18.8 Å². The van der Waals surface area contributed by atoms with E-state index in [4.69, 9.17) is 11.6 Å². The predicted molar refractivity (Wildman–Crippen MR) is 78.4 cm³/mol. The zero-order chi connectivity index (χ0) is 13.5. The number of halogens is 1. The summed E-state index contributed by atoms with van der Waals surface area (Å²) in [6, 6.07) is 3.57. The number of carbonyl (C=O) groups excluding carboxylic acids is 1. The highest BCUT2D eigenvalue weighted by molar-refractivity contribution is 7.99. The van der Waals surface area contributed by atoms with E-state index in [1.165, 1.54) is 6.20 Å². The van der Waals surface area contributed by atoms with Crippen LogP contribution in [0.15, 0.2) is 18.3 Å². The van der Waals surface area contributed by atoms with Crippen molar-refractivity contribution in [3.63, 3.8) is 0 Å². The highest BCUT2D eigenvalue weighted by atomic mass is 35.5. The lowest BCUT2D eigenvalue weighted by Crippen LogP contribution is -2.35. The third-order valence-electron chi connectivity index (χ3n) is 2.81. The Morgan fingerprint density at radius 2 is 2.28 bits per heavy atom. The number of rotatable bonds is 6. The zero-order valence-electron chi connectivity index (χ0n) is 11.0. The molecule has 0 aromatic carbocycles. The predicted octanol–water partition coefficient (Wildman–Crippen LogP) is 3.34. The molecule has 18 heavy (non-hydrogen) atoms. The molecule has 0 saturated carbocycles. The lowest BCUT2D eigenvalue weighted by Gasteiger charge is -2.24. The molecule has 0 radical (unpaired) electrons. The quantitative estimate of drug-likeness (QED) is 0.752. The summed E-state index contributed by atoms with van der Waals surface area (Å²) in [5, 5.41) is 0.543. The molecular weight excluding hydrogens is 268 g/mol. The van der Waals surface area contributed by atoms with Crippen LogP contribution < -0.4 is 0 Å². The number of carbonyl (C=O) groups is 1. The Kier molecular flexibility index (Phi) is 6.50. The standard InChI is InChI=1S/C13H19ClN2OS/c1-4-18-8-7-10(2)16(3)13(17)12-6-5-11(14)9-15-12/h5-6,9-10H,4,7-8H2,1-3H3. The Morgan fingerprint density at radius 3 is 2.83 bits per heavy atom. The molecule has 0 spiro atoms. The van der Waals surface area contributed by atoms with Crippen molar-refractivity contribution in [1.82, 2.24) is 9.88 Å². The normalized spacial score (nSPS) is 12.2. The summed E-state index contributed by atoms with van der Waals surface area (Å²) in [5.41, 5.74) is 0.442. The van der Waals surface area contributed by atoms with Crippen molar-refractivity contribution in [3.05, 3.63) is 29.0 Å². The molecule has 1 rings (SSSR count). The van der Waals surface area contributed by atoms with Crippen molar-refractivity contribution in [3.8, 4) is 0 Å². The van der Waals surface area contributed by atoms with Crippen LogP contribution in [-0.2, 0) is 0 Å². The maximum absolute atomic E-state index is 12.1. The fourth-order valence-electron chi connectivity index (χ4n) is 1.48. The minimum Gasteiger partial charge on any atom is -0.338 e. The third kappa shape index (κ3) is 4.50. The van der Waals surface area contributed by atoms with Gasteiger partial charge in [0.05, 0.1) is 5.02 Å². The van der Waals surface area contributed by atoms with Crippen molar-refractivity contribution in [2.45, 2.75) is 26.3 Å². The highest BCUT2D eigenvalue weighted by Gasteiger charge is 2.18. The van der Waals surface area contributed by atoms with Crippen molar-refractivity contribution in [2.75, 3.05) is 18.6 Å². The molecule has 1 aromatic rings. The molecule has 0 aliphatic heterocycles. The third-order valence-corrected chi connectivity index (χ3v) is 3.97. The number of hydrogen-bond acceptors (Lipinski definition) is 3. The van der Waals surface area contributed by atoms with Gasteiger partial charge in [-0.15, -0.1) is 0 Å². The Balaban J connectivity index is 2.57. The van der Waals surface area contributed by atoms with E-state index < -0.39 is 0 Å². The minimum absolute atomic E-state index is 0.0549. The minimum atomic E-state index is -0.0549. The van der Waals surface area contributed by atoms with Gasteiger partial charge < -0.3 is 4.90 Å². The van der Waals surface area contributed by atoms with Crippen molar-refractivity contribution in [1.29, 1.82) is 0 Å². The van der Waals surface area contributed by atoms with Gasteiger partial charge in [0, 0.05) is 19.3 Å². The number of aromatic nitrogens is 1. The maximum atomic E-state index is 12.1. The summed E-state index contributed by atoms with van der Waals surface area (Å²) in [4.78, 5) is 17.9. The van der Waals surface area contributed by atoms with Gasteiger partial charge in [-0.2, -0.15) is 11.8 Å². The van der Waals surface area contributed by atoms with E-state index in [0.717, 1.165) is 17.9 Å². The second-order valence-corrected chi connectivity index (χ2v) is 5.94. The first-order valence-corrected chi connectivity index (χ1v) is 7.56. The summed E-state index contributed by atoms with van der Waals surface area (Å²) in [5.74, 6) is 2.13. The van der Waals surface area contributed by atoms with E-state index in [2.05, 4.69) is 18.8 Å². The molecule has 0 bridgehead atoms. The molecule has 0 N–H and O–H groups in total. The first kappa shape index (κ1) is 15.3. The molecular formula is C13H19ClN2OS. The molecule has 3 nitrogen and oxygen atoms in total. The fraction of sp³-hybridized carbons (Fsp3) is 0.538. The van der Waals surface area contributed by atoms with Crippen molar-refractivity contribution < 1.29 is 4.79 Å². The Morgan fingerprint density at radius 1 is 1.56 bits per heavy atom. The molecule has 1 heterocycles. The summed E-state index contributed by atoms with van der Waals surface area (Å²) in [7, 11) is 1.82. The van der Waals surface area contributed by atoms with E-state index in [0.29, 0.717) is 10.7 Å². The molecule has 0 aliphatic carbocycles. The van der Waals surface area contributed by atoms with E-state index in [9.17, 15) is 4.79 Å². The van der Waals surface area contributed by atoms with Gasteiger partial charge >= 0.3 is 0 Å². The van der Waals surface area contributed by atoms with E-state index >= 15 is 0 Å². The van der Waals surface area contributed by atoms with Crippen LogP contribution in [-0.4, -0.2) is 40.4 Å². The van der Waals surface area contributed by atoms with Gasteiger partial charge in [-0.3, -0.25) is 4.79 Å². The second-order valence-electron chi connectivity index (χ2n) is 4.11. The molecule has 5 heteroatoms. The molecule has 1 unspecified atom stereocenters. The van der Waals surface area contributed by atoms with Crippen LogP contribution in [0.2, 0.25) is 5.02 Å². The highest BCUT2D eigenvalue weighted by Crippen LogP contribution is 2.12. The van der Waals surface area contributed by atoms with Gasteiger partial charge in [0.2, 0.25) is 0 Å². The van der Waals surface area contributed by atoms with Gasteiger partial charge in [0.1, 0.15) is 5.69 Å². The van der Waals surface area contributed by atoms with Gasteiger partial charge in [-0.1, -0.05) is 18.5 Å². The molecule has 1 aromatic heterocycles. The smallest absolute Gasteiger partial charge is 0.272 e. The molecule has 0 saturated heterocycles. The van der Waals surface area contributed by atoms with Gasteiger partial charge in [0.15, 0.2) is 0 Å². The number of amides is 1.